The molecule has 0 radical (unpaired) electrons. The molecule has 41 heavy (non-hydrogen) atoms. The smallest absolute Gasteiger partial charge is 0.338 e. The number of rotatable bonds is 8. The molecule has 3 aromatic carbocycles. The highest BCUT2D eigenvalue weighted by atomic mass is 32.1. The van der Waals surface area contributed by atoms with Gasteiger partial charge in [-0.2, -0.15) is 0 Å². The average Bonchev–Trinajstić information content (AvgIpc) is 3.27. The van der Waals surface area contributed by atoms with Crippen LogP contribution in [0.2, 0.25) is 0 Å². The number of aromatic nitrogens is 1. The van der Waals surface area contributed by atoms with Gasteiger partial charge in [0, 0.05) is 12.5 Å². The molecule has 0 aliphatic carbocycles. The molecule has 1 aliphatic heterocycles. The summed E-state index contributed by atoms with van der Waals surface area (Å²) >= 11 is 1.26. The Kier molecular flexibility index (Phi) is 8.16. The van der Waals surface area contributed by atoms with Crippen molar-refractivity contribution in [1.82, 2.24) is 4.57 Å². The van der Waals surface area contributed by atoms with E-state index >= 15 is 0 Å². The fourth-order valence-corrected chi connectivity index (χ4v) is 6.10. The van der Waals surface area contributed by atoms with Crippen molar-refractivity contribution < 1.29 is 23.8 Å². The Morgan fingerprint density at radius 3 is 2.49 bits per heavy atom. The van der Waals surface area contributed by atoms with Crippen LogP contribution in [0.3, 0.4) is 0 Å². The van der Waals surface area contributed by atoms with Gasteiger partial charge in [0.2, 0.25) is 0 Å². The van der Waals surface area contributed by atoms with Crippen molar-refractivity contribution in [1.29, 1.82) is 0 Å². The molecule has 0 saturated carbocycles. The highest BCUT2D eigenvalue weighted by Gasteiger charge is 2.37. The van der Waals surface area contributed by atoms with Crippen LogP contribution in [-0.4, -0.2) is 30.2 Å². The monoisotopic (exact) mass is 570 g/mol. The van der Waals surface area contributed by atoms with Crippen molar-refractivity contribution in [2.45, 2.75) is 39.7 Å². The van der Waals surface area contributed by atoms with Gasteiger partial charge in [-0.25, -0.2) is 9.79 Å². The molecule has 2 heterocycles. The summed E-state index contributed by atoms with van der Waals surface area (Å²) in [6.45, 7) is 5.31. The number of esters is 2. The number of hydrogen-bond acceptors (Lipinski definition) is 8. The van der Waals surface area contributed by atoms with E-state index in [0.717, 1.165) is 22.8 Å². The molecule has 1 aliphatic rings. The number of benzene rings is 3. The Labute approximate surface area is 240 Å². The molecule has 8 nitrogen and oxygen atoms in total. The minimum Gasteiger partial charge on any atom is -0.496 e. The largest absolute Gasteiger partial charge is 0.496 e. The van der Waals surface area contributed by atoms with Gasteiger partial charge < -0.3 is 14.2 Å². The number of allylic oxidation sites excluding steroid dienone is 1. The second-order valence-electron chi connectivity index (χ2n) is 9.48. The second-order valence-corrected chi connectivity index (χ2v) is 10.5. The van der Waals surface area contributed by atoms with Gasteiger partial charge in [0.05, 0.1) is 29.5 Å². The van der Waals surface area contributed by atoms with E-state index in [1.165, 1.54) is 18.3 Å². The Hall–Kier alpha value is -4.50. The summed E-state index contributed by atoms with van der Waals surface area (Å²) in [6.07, 6.45) is 3.07. The van der Waals surface area contributed by atoms with E-state index in [9.17, 15) is 14.4 Å². The number of methoxy groups -OCH3 is 1. The number of ether oxygens (including phenoxy) is 3. The molecule has 9 heteroatoms. The fourth-order valence-electron chi connectivity index (χ4n) is 5.08. The first-order valence-corrected chi connectivity index (χ1v) is 14.2. The molecule has 0 bridgehead atoms. The number of hydrogen-bond donors (Lipinski definition) is 0. The highest BCUT2D eigenvalue weighted by molar-refractivity contribution is 7.07. The van der Waals surface area contributed by atoms with Gasteiger partial charge in [-0.1, -0.05) is 67.1 Å². The zero-order valence-electron chi connectivity index (χ0n) is 23.3. The number of carbonyl (C=O) groups excluding carboxylic acids is 2. The van der Waals surface area contributed by atoms with Gasteiger partial charge in [-0.15, -0.1) is 0 Å². The van der Waals surface area contributed by atoms with Gasteiger partial charge in [-0.05, 0) is 54.0 Å². The number of thiazole rings is 1. The molecule has 0 unspecified atom stereocenters. The van der Waals surface area contributed by atoms with Gasteiger partial charge in [0.1, 0.15) is 17.5 Å². The third kappa shape index (κ3) is 5.45. The van der Waals surface area contributed by atoms with Crippen LogP contribution in [0.25, 0.3) is 16.8 Å². The van der Waals surface area contributed by atoms with Crippen molar-refractivity contribution in [2.75, 3.05) is 13.7 Å². The molecule has 1 aromatic heterocycles. The Morgan fingerprint density at radius 1 is 1.05 bits per heavy atom. The van der Waals surface area contributed by atoms with Crippen LogP contribution in [0.1, 0.15) is 50.8 Å². The normalized spacial score (nSPS) is 14.9. The van der Waals surface area contributed by atoms with Crippen molar-refractivity contribution in [3.05, 3.63) is 103 Å². The van der Waals surface area contributed by atoms with Crippen molar-refractivity contribution in [3.63, 3.8) is 0 Å². The van der Waals surface area contributed by atoms with Gasteiger partial charge in [-0.3, -0.25) is 14.2 Å². The van der Waals surface area contributed by atoms with Gasteiger partial charge >= 0.3 is 11.9 Å². The summed E-state index contributed by atoms with van der Waals surface area (Å²) in [5, 5.41) is 1.82. The maximum Gasteiger partial charge on any atom is 0.338 e. The molecule has 0 spiro atoms. The van der Waals surface area contributed by atoms with Crippen LogP contribution < -0.4 is 24.4 Å². The van der Waals surface area contributed by atoms with E-state index in [-0.39, 0.29) is 12.2 Å². The summed E-state index contributed by atoms with van der Waals surface area (Å²) in [6, 6.07) is 17.7. The minimum atomic E-state index is -0.804. The number of carbonyl (C=O) groups is 2. The van der Waals surface area contributed by atoms with Gasteiger partial charge in [0.25, 0.3) is 5.56 Å². The molecule has 1 atom stereocenters. The predicted molar refractivity (Wildman–Crippen MR) is 158 cm³/mol. The Morgan fingerprint density at radius 2 is 1.80 bits per heavy atom. The lowest BCUT2D eigenvalue weighted by Crippen LogP contribution is -2.40. The van der Waals surface area contributed by atoms with E-state index < -0.39 is 18.0 Å². The first kappa shape index (κ1) is 28.0. The van der Waals surface area contributed by atoms with Crippen LogP contribution in [0, 0.1) is 0 Å². The third-order valence-corrected chi connectivity index (χ3v) is 7.74. The Balaban J connectivity index is 1.80. The van der Waals surface area contributed by atoms with E-state index in [4.69, 9.17) is 19.2 Å². The van der Waals surface area contributed by atoms with Crippen LogP contribution >= 0.6 is 11.3 Å². The molecular weight excluding hydrogens is 540 g/mol. The topological polar surface area (TPSA) is 96.2 Å². The molecule has 0 amide bonds. The zero-order valence-corrected chi connectivity index (χ0v) is 24.1. The summed E-state index contributed by atoms with van der Waals surface area (Å²) in [4.78, 5) is 44.3. The fraction of sp³-hybridized carbons (Fsp3) is 0.250. The minimum absolute atomic E-state index is 0.189. The molecule has 210 valence electrons. The number of nitrogens with zero attached hydrogens (tertiary/aromatic N) is 2. The highest BCUT2D eigenvalue weighted by Crippen LogP contribution is 2.41. The summed E-state index contributed by atoms with van der Waals surface area (Å²) < 4.78 is 18.5. The van der Waals surface area contributed by atoms with E-state index in [1.54, 1.807) is 48.9 Å². The van der Waals surface area contributed by atoms with Crippen LogP contribution in [-0.2, 0) is 14.3 Å². The van der Waals surface area contributed by atoms with E-state index in [2.05, 4.69) is 0 Å². The first-order valence-electron chi connectivity index (χ1n) is 13.4. The summed E-state index contributed by atoms with van der Waals surface area (Å²) in [5.41, 5.74) is 2.12. The molecule has 0 fully saturated rings. The van der Waals surface area contributed by atoms with Crippen LogP contribution in [0.4, 0.5) is 0 Å². The molecule has 0 N–H and O–H groups in total. The van der Waals surface area contributed by atoms with Crippen molar-refractivity contribution >= 4 is 40.1 Å². The summed E-state index contributed by atoms with van der Waals surface area (Å²) in [7, 11) is 1.58. The van der Waals surface area contributed by atoms with E-state index in [0.29, 0.717) is 44.1 Å². The SMILES string of the molecule is CCCC1=C(C(=O)OCC)[C@H](c2c(OC)ccc3ccccc23)n2c(s/c(=C/c3ccc(OC(C)=O)cc3)c2=O)=N1. The quantitative estimate of drug-likeness (QED) is 0.226. The Bertz CT molecular complexity index is 1850. The van der Waals surface area contributed by atoms with Crippen LogP contribution in [0.5, 0.6) is 11.5 Å². The molecular formula is C32H30N2O6S. The lowest BCUT2D eigenvalue weighted by Gasteiger charge is -2.28. The van der Waals surface area contributed by atoms with Crippen molar-refractivity contribution in [2.24, 2.45) is 4.99 Å². The summed E-state index contributed by atoms with van der Waals surface area (Å²) in [5.74, 6) is 0.0663. The first-order chi connectivity index (χ1) is 19.9. The van der Waals surface area contributed by atoms with Crippen molar-refractivity contribution in [3.8, 4) is 11.5 Å². The standard InChI is InChI=1S/C32H30N2O6S/c1-5-9-24-28(31(37)39-6-2)29(27-23-11-8-7-10-21(23)14-17-25(27)38-4)34-30(36)26(41-32(34)33-24)18-20-12-15-22(16-13-20)40-19(3)35/h7-8,10-18,29H,5-6,9H2,1-4H3/b26-18+/t29-/m0/s1. The number of fused-ring (bicyclic) bond motifs is 2. The third-order valence-electron chi connectivity index (χ3n) is 6.76. The molecule has 5 rings (SSSR count). The van der Waals surface area contributed by atoms with E-state index in [1.807, 2.05) is 43.3 Å². The van der Waals surface area contributed by atoms with Crippen LogP contribution in [0.15, 0.2) is 81.7 Å². The molecule has 0 saturated heterocycles. The molecule has 4 aromatic rings. The second kappa shape index (κ2) is 11.9. The lowest BCUT2D eigenvalue weighted by molar-refractivity contribution is -0.139. The average molecular weight is 571 g/mol. The maximum atomic E-state index is 14.1. The predicted octanol–water partition coefficient (Wildman–Crippen LogP) is 4.67. The zero-order chi connectivity index (χ0) is 29.1. The van der Waals surface area contributed by atoms with Gasteiger partial charge in [0.15, 0.2) is 4.80 Å². The lowest BCUT2D eigenvalue weighted by atomic mass is 9.90. The maximum absolute atomic E-state index is 14.1.